The highest BCUT2D eigenvalue weighted by Crippen LogP contribution is 2.47. The van der Waals surface area contributed by atoms with E-state index in [9.17, 15) is 10.5 Å². The molecule has 2 atom stereocenters. The van der Waals surface area contributed by atoms with Crippen LogP contribution >= 0.6 is 0 Å². The maximum absolute atomic E-state index is 10.5. The van der Waals surface area contributed by atoms with E-state index in [1.54, 1.807) is 0 Å². The predicted octanol–water partition coefficient (Wildman–Crippen LogP) is 10.2. The van der Waals surface area contributed by atoms with Crippen molar-refractivity contribution in [3.63, 3.8) is 0 Å². The molecule has 3 nitrogen and oxygen atoms in total. The van der Waals surface area contributed by atoms with E-state index in [1.165, 1.54) is 38.1 Å². The topological polar surface area (TPSA) is 52.0 Å². The third kappa shape index (κ3) is 3.60. The summed E-state index contributed by atoms with van der Waals surface area (Å²) in [6, 6.07) is 38.5. The van der Waals surface area contributed by atoms with Crippen molar-refractivity contribution < 1.29 is 0 Å². The summed E-state index contributed by atoms with van der Waals surface area (Å²) in [4.78, 5) is 0. The van der Waals surface area contributed by atoms with Crippen molar-refractivity contribution in [2.45, 2.75) is 18.8 Å². The number of rotatable bonds is 2. The fraction of sp³-hybridized carbons (Fsp3) is 0.0732. The van der Waals surface area contributed by atoms with Gasteiger partial charge in [0, 0.05) is 33.4 Å². The highest BCUT2D eigenvalue weighted by Gasteiger charge is 2.30. The van der Waals surface area contributed by atoms with Gasteiger partial charge in [0.25, 0.3) is 0 Å². The Hall–Kier alpha value is -5.90. The minimum atomic E-state index is -0.351. The van der Waals surface area contributed by atoms with E-state index in [1.807, 2.05) is 42.5 Å². The largest absolute Gasteiger partial charge is 0.308 e. The second-order valence-electron chi connectivity index (χ2n) is 11.6. The van der Waals surface area contributed by atoms with Crippen LogP contribution in [0.4, 0.5) is 0 Å². The first kappa shape index (κ1) is 25.8. The zero-order valence-electron chi connectivity index (χ0n) is 24.3. The monoisotopic (exact) mass is 561 g/mol. The van der Waals surface area contributed by atoms with Gasteiger partial charge in [-0.3, -0.25) is 0 Å². The number of para-hydroxylation sites is 2. The molecule has 206 valence electrons. The molecule has 5 aromatic carbocycles. The molecule has 0 aliphatic heterocycles. The summed E-state index contributed by atoms with van der Waals surface area (Å²) in [7, 11) is 0. The van der Waals surface area contributed by atoms with Crippen LogP contribution in [-0.2, 0) is 0 Å². The van der Waals surface area contributed by atoms with Gasteiger partial charge in [-0.25, -0.2) is 0 Å². The van der Waals surface area contributed by atoms with Crippen molar-refractivity contribution in [3.05, 3.63) is 161 Å². The van der Waals surface area contributed by atoms with Crippen LogP contribution in [0.5, 0.6) is 0 Å². The molecule has 0 bridgehead atoms. The SMILES string of the molecule is C=C1/C=C\C=C/C(C)c2c(-c3cc4c5ccccc5n5c6ccccc6c(c3)c45)ccc(C#N)c2C1c1ccccc1C#N. The molecule has 8 rings (SSSR count). The minimum absolute atomic E-state index is 0.00139. The van der Waals surface area contributed by atoms with Crippen LogP contribution in [-0.4, -0.2) is 4.40 Å². The summed E-state index contributed by atoms with van der Waals surface area (Å²) >= 11 is 0. The molecule has 2 heterocycles. The standard InChI is InChI=1S/C41H27N3/c1-25-11-3-4-12-26(2)39-31(20-19-28(24-43)40(39)38(25)30-14-6-5-13-27(30)23-42)29-21-34-32-15-7-9-17-36(32)44-37-18-10-8-16-33(37)35(22-29)41(34)44/h3-22,26,38H,1H2,2H3/b11-3-,12-4-. The molecule has 0 fully saturated rings. The van der Waals surface area contributed by atoms with Crippen molar-refractivity contribution in [1.82, 2.24) is 4.40 Å². The molecule has 44 heavy (non-hydrogen) atoms. The van der Waals surface area contributed by atoms with E-state index >= 15 is 0 Å². The third-order valence-electron chi connectivity index (χ3n) is 9.25. The highest BCUT2D eigenvalue weighted by atomic mass is 14.9. The lowest BCUT2D eigenvalue weighted by Crippen LogP contribution is -2.12. The molecule has 0 spiro atoms. The van der Waals surface area contributed by atoms with Gasteiger partial charge in [-0.2, -0.15) is 10.5 Å². The van der Waals surface area contributed by atoms with E-state index in [-0.39, 0.29) is 11.8 Å². The maximum atomic E-state index is 10.5. The first-order valence-corrected chi connectivity index (χ1v) is 14.9. The van der Waals surface area contributed by atoms with Gasteiger partial charge in [-0.1, -0.05) is 98.5 Å². The van der Waals surface area contributed by atoms with Gasteiger partial charge in [-0.15, -0.1) is 0 Å². The van der Waals surface area contributed by atoms with Crippen molar-refractivity contribution in [2.75, 3.05) is 0 Å². The summed E-state index contributed by atoms with van der Waals surface area (Å²) in [5.74, 6) is -0.353. The molecule has 3 heteroatoms. The number of fused-ring (bicyclic) bond motifs is 7. The molecule has 0 amide bonds. The molecule has 1 aliphatic rings. The summed E-state index contributed by atoms with van der Waals surface area (Å²) in [5, 5.41) is 25.5. The lowest BCUT2D eigenvalue weighted by molar-refractivity contribution is 0.889. The van der Waals surface area contributed by atoms with Crippen molar-refractivity contribution in [3.8, 4) is 23.3 Å². The second kappa shape index (κ2) is 9.84. The van der Waals surface area contributed by atoms with Crippen molar-refractivity contribution in [2.24, 2.45) is 0 Å². The second-order valence-corrected chi connectivity index (χ2v) is 11.6. The Morgan fingerprint density at radius 1 is 0.682 bits per heavy atom. The summed E-state index contributed by atoms with van der Waals surface area (Å²) < 4.78 is 2.39. The minimum Gasteiger partial charge on any atom is -0.308 e. The average Bonchev–Trinajstić information content (AvgIpc) is 3.59. The first-order chi connectivity index (χ1) is 21.6. The van der Waals surface area contributed by atoms with Crippen LogP contribution in [0.3, 0.4) is 0 Å². The predicted molar refractivity (Wildman–Crippen MR) is 180 cm³/mol. The molecule has 7 aromatic rings. The normalized spacial score (nSPS) is 18.0. The Morgan fingerprint density at radius 2 is 1.32 bits per heavy atom. The van der Waals surface area contributed by atoms with E-state index in [4.69, 9.17) is 0 Å². The van der Waals surface area contributed by atoms with E-state index in [0.717, 1.165) is 33.4 Å². The Kier molecular flexibility index (Phi) is 5.77. The van der Waals surface area contributed by atoms with E-state index in [0.29, 0.717) is 11.1 Å². The Bertz CT molecular complexity index is 2370. The van der Waals surface area contributed by atoms with Crippen LogP contribution in [0, 0.1) is 22.7 Å². The summed E-state index contributed by atoms with van der Waals surface area (Å²) in [6.45, 7) is 6.67. The van der Waals surface area contributed by atoms with E-state index < -0.39 is 0 Å². The molecule has 0 saturated carbocycles. The number of nitriles is 2. The summed E-state index contributed by atoms with van der Waals surface area (Å²) in [6.07, 6.45) is 8.26. The van der Waals surface area contributed by atoms with Gasteiger partial charge < -0.3 is 4.40 Å². The van der Waals surface area contributed by atoms with Crippen LogP contribution in [0.15, 0.2) is 134 Å². The molecule has 0 radical (unpaired) electrons. The number of allylic oxidation sites excluding steroid dienone is 5. The first-order valence-electron chi connectivity index (χ1n) is 14.9. The van der Waals surface area contributed by atoms with Gasteiger partial charge in [0.05, 0.1) is 39.8 Å². The zero-order valence-corrected chi connectivity index (χ0v) is 24.3. The number of hydrogen-bond donors (Lipinski definition) is 0. The fourth-order valence-electron chi connectivity index (χ4n) is 7.39. The van der Waals surface area contributed by atoms with Crippen LogP contribution in [0.2, 0.25) is 0 Å². The molecule has 1 aliphatic carbocycles. The maximum Gasteiger partial charge on any atom is 0.0994 e. The van der Waals surface area contributed by atoms with Crippen molar-refractivity contribution in [1.29, 1.82) is 10.5 Å². The number of nitrogens with zero attached hydrogens (tertiary/aromatic N) is 3. The van der Waals surface area contributed by atoms with Gasteiger partial charge in [-0.05, 0) is 69.8 Å². The molecular formula is C41H27N3. The zero-order chi connectivity index (χ0) is 29.9. The quantitative estimate of drug-likeness (QED) is 0.211. The Balaban J connectivity index is 1.51. The van der Waals surface area contributed by atoms with Gasteiger partial charge in [0.15, 0.2) is 0 Å². The van der Waals surface area contributed by atoms with Gasteiger partial charge >= 0.3 is 0 Å². The number of benzene rings is 5. The van der Waals surface area contributed by atoms with Crippen LogP contribution in [0.1, 0.15) is 46.6 Å². The Morgan fingerprint density at radius 3 is 2.00 bits per heavy atom. The molecule has 2 aromatic heterocycles. The number of aromatic nitrogens is 1. The lowest BCUT2D eigenvalue weighted by atomic mass is 9.75. The highest BCUT2D eigenvalue weighted by molar-refractivity contribution is 6.24. The van der Waals surface area contributed by atoms with Crippen LogP contribution < -0.4 is 0 Å². The lowest BCUT2D eigenvalue weighted by Gasteiger charge is -2.27. The van der Waals surface area contributed by atoms with Gasteiger partial charge in [0.1, 0.15) is 0 Å². The van der Waals surface area contributed by atoms with Gasteiger partial charge in [0.2, 0.25) is 0 Å². The fourth-order valence-corrected chi connectivity index (χ4v) is 7.39. The Labute approximate surface area is 255 Å². The van der Waals surface area contributed by atoms with E-state index in [2.05, 4.69) is 109 Å². The molecular weight excluding hydrogens is 534 g/mol. The van der Waals surface area contributed by atoms with Crippen LogP contribution in [0.25, 0.3) is 49.2 Å². The average molecular weight is 562 g/mol. The number of hydrogen-bond acceptors (Lipinski definition) is 2. The smallest absolute Gasteiger partial charge is 0.0994 e. The summed E-state index contributed by atoms with van der Waals surface area (Å²) in [5.41, 5.74) is 10.7. The molecule has 0 saturated heterocycles. The third-order valence-corrected chi connectivity index (χ3v) is 9.25. The van der Waals surface area contributed by atoms with Crippen molar-refractivity contribution >= 4 is 38.1 Å². The molecule has 2 unspecified atom stereocenters. The molecule has 0 N–H and O–H groups in total.